The van der Waals surface area contributed by atoms with Crippen molar-refractivity contribution in [3.05, 3.63) is 102 Å². The van der Waals surface area contributed by atoms with Crippen LogP contribution in [0.25, 0.3) is 11.0 Å². The van der Waals surface area contributed by atoms with Crippen molar-refractivity contribution in [3.63, 3.8) is 0 Å². The molecule has 36 heavy (non-hydrogen) atoms. The molecule has 0 unspecified atom stereocenters. The van der Waals surface area contributed by atoms with E-state index in [0.717, 1.165) is 16.0 Å². The first-order valence-corrected chi connectivity index (χ1v) is 10.7. The summed E-state index contributed by atoms with van der Waals surface area (Å²) in [6.07, 6.45) is -1.88. The quantitative estimate of drug-likeness (QED) is 0.253. The molecule has 1 aromatic heterocycles. The van der Waals surface area contributed by atoms with E-state index in [1.807, 2.05) is 12.1 Å². The Morgan fingerprint density at radius 1 is 0.861 bits per heavy atom. The standard InChI is InChI=1S/C26H21N3O7/c27-24(28-25(32)34-15-17-7-3-1-4-8-17)29(26(33)35-16-18-9-5-2-6-10-18)20-11-12-21-19(13-20)14-22(36-21)23(30)31/h1-14H,15-16H2,(H,30,31)(H2,27,28,32). The molecule has 10 nitrogen and oxygen atoms in total. The summed E-state index contributed by atoms with van der Waals surface area (Å²) in [5.74, 6) is -2.15. The lowest BCUT2D eigenvalue weighted by atomic mass is 10.2. The van der Waals surface area contributed by atoms with Gasteiger partial charge in [0.25, 0.3) is 0 Å². The third-order valence-electron chi connectivity index (χ3n) is 5.01. The topological polar surface area (TPSA) is 142 Å². The van der Waals surface area contributed by atoms with Gasteiger partial charge >= 0.3 is 18.2 Å². The van der Waals surface area contributed by atoms with E-state index in [0.29, 0.717) is 5.39 Å². The van der Waals surface area contributed by atoms with Gasteiger partial charge in [0, 0.05) is 5.39 Å². The highest BCUT2D eigenvalue weighted by Crippen LogP contribution is 2.26. The summed E-state index contributed by atoms with van der Waals surface area (Å²) in [5.41, 5.74) is 1.89. The van der Waals surface area contributed by atoms with Crippen LogP contribution >= 0.6 is 0 Å². The third-order valence-corrected chi connectivity index (χ3v) is 5.01. The Morgan fingerprint density at radius 2 is 1.47 bits per heavy atom. The van der Waals surface area contributed by atoms with Gasteiger partial charge in [0.05, 0.1) is 5.69 Å². The van der Waals surface area contributed by atoms with E-state index in [1.165, 1.54) is 24.3 Å². The predicted molar refractivity (Wildman–Crippen MR) is 130 cm³/mol. The van der Waals surface area contributed by atoms with Crippen LogP contribution in [0.4, 0.5) is 15.3 Å². The highest BCUT2D eigenvalue weighted by atomic mass is 16.6. The number of guanidine groups is 1. The van der Waals surface area contributed by atoms with E-state index in [1.54, 1.807) is 48.5 Å². The maximum atomic E-state index is 13.0. The fourth-order valence-corrected chi connectivity index (χ4v) is 3.30. The number of nitrogens with zero attached hydrogens (tertiary/aromatic N) is 1. The van der Waals surface area contributed by atoms with Crippen molar-refractivity contribution in [1.29, 1.82) is 5.41 Å². The minimum atomic E-state index is -1.25. The van der Waals surface area contributed by atoms with Crippen molar-refractivity contribution < 1.29 is 33.4 Å². The number of ether oxygens (including phenoxy) is 2. The Morgan fingerprint density at radius 3 is 2.08 bits per heavy atom. The Kier molecular flexibility index (Phi) is 7.25. The number of anilines is 1. The molecule has 10 heteroatoms. The first-order chi connectivity index (χ1) is 17.4. The van der Waals surface area contributed by atoms with Gasteiger partial charge in [-0.3, -0.25) is 10.7 Å². The summed E-state index contributed by atoms with van der Waals surface area (Å²) in [5, 5.41) is 20.2. The predicted octanol–water partition coefficient (Wildman–Crippen LogP) is 5.14. The second-order valence-electron chi connectivity index (χ2n) is 7.55. The molecule has 0 aliphatic rings. The van der Waals surface area contributed by atoms with Crippen LogP contribution in [0.5, 0.6) is 0 Å². The summed E-state index contributed by atoms with van der Waals surface area (Å²) in [6, 6.07) is 23.5. The molecule has 1 heterocycles. The lowest BCUT2D eigenvalue weighted by molar-refractivity contribution is 0.0665. The van der Waals surface area contributed by atoms with Gasteiger partial charge in [-0.2, -0.15) is 0 Å². The number of carboxylic acids is 1. The van der Waals surface area contributed by atoms with Crippen LogP contribution in [0.3, 0.4) is 0 Å². The van der Waals surface area contributed by atoms with Gasteiger partial charge in [-0.25, -0.2) is 19.3 Å². The number of amides is 2. The first kappa shape index (κ1) is 24.0. The zero-order valence-corrected chi connectivity index (χ0v) is 18.8. The number of carboxylic acid groups (broad SMARTS) is 1. The lowest BCUT2D eigenvalue weighted by Gasteiger charge is -2.22. The Hall–Kier alpha value is -5.12. The number of benzene rings is 3. The zero-order valence-electron chi connectivity index (χ0n) is 18.8. The van der Waals surface area contributed by atoms with Crippen molar-refractivity contribution in [1.82, 2.24) is 5.32 Å². The average Bonchev–Trinajstić information content (AvgIpc) is 3.32. The smallest absolute Gasteiger partial charge is 0.421 e. The van der Waals surface area contributed by atoms with Crippen molar-refractivity contribution in [2.45, 2.75) is 13.2 Å². The van der Waals surface area contributed by atoms with Crippen LogP contribution in [-0.4, -0.2) is 29.2 Å². The normalized spacial score (nSPS) is 10.4. The van der Waals surface area contributed by atoms with Crippen LogP contribution in [0, 0.1) is 5.41 Å². The number of furan rings is 1. The molecule has 182 valence electrons. The maximum Gasteiger partial charge on any atom is 0.421 e. The van der Waals surface area contributed by atoms with Crippen LogP contribution < -0.4 is 10.2 Å². The number of hydrogen-bond donors (Lipinski definition) is 3. The number of carbonyl (C=O) groups excluding carboxylic acids is 2. The minimum Gasteiger partial charge on any atom is -0.475 e. The van der Waals surface area contributed by atoms with E-state index in [9.17, 15) is 19.5 Å². The summed E-state index contributed by atoms with van der Waals surface area (Å²) in [7, 11) is 0. The number of carbonyl (C=O) groups is 3. The van der Waals surface area contributed by atoms with Crippen LogP contribution in [-0.2, 0) is 22.7 Å². The van der Waals surface area contributed by atoms with Crippen LogP contribution in [0.1, 0.15) is 21.7 Å². The molecule has 3 aromatic carbocycles. The lowest BCUT2D eigenvalue weighted by Crippen LogP contribution is -2.47. The van der Waals surface area contributed by atoms with Crippen molar-refractivity contribution in [2.24, 2.45) is 0 Å². The second kappa shape index (κ2) is 10.9. The molecule has 4 rings (SSSR count). The van der Waals surface area contributed by atoms with Gasteiger partial charge < -0.3 is 19.0 Å². The highest BCUT2D eigenvalue weighted by Gasteiger charge is 2.25. The summed E-state index contributed by atoms with van der Waals surface area (Å²) in [4.78, 5) is 37.4. The van der Waals surface area contributed by atoms with Crippen molar-refractivity contribution in [2.75, 3.05) is 4.90 Å². The molecule has 0 saturated carbocycles. The number of alkyl carbamates (subject to hydrolysis) is 1. The molecule has 0 spiro atoms. The number of fused-ring (bicyclic) bond motifs is 1. The van der Waals surface area contributed by atoms with Crippen LogP contribution in [0.15, 0.2) is 89.3 Å². The summed E-state index contributed by atoms with van der Waals surface area (Å²) in [6.45, 7) is -0.101. The molecule has 0 fully saturated rings. The van der Waals surface area contributed by atoms with E-state index >= 15 is 0 Å². The number of nitrogens with one attached hydrogen (secondary N) is 2. The van der Waals surface area contributed by atoms with Gasteiger partial charge in [-0.1, -0.05) is 60.7 Å². The largest absolute Gasteiger partial charge is 0.475 e. The highest BCUT2D eigenvalue weighted by molar-refractivity contribution is 6.16. The van der Waals surface area contributed by atoms with E-state index in [2.05, 4.69) is 5.32 Å². The van der Waals surface area contributed by atoms with Crippen molar-refractivity contribution in [3.8, 4) is 0 Å². The molecule has 0 aliphatic heterocycles. The molecule has 2 amide bonds. The van der Waals surface area contributed by atoms with E-state index in [-0.39, 0.29) is 30.2 Å². The molecular weight excluding hydrogens is 466 g/mol. The Bertz CT molecular complexity index is 1400. The van der Waals surface area contributed by atoms with Gasteiger partial charge in [0.2, 0.25) is 11.7 Å². The molecule has 0 bridgehead atoms. The minimum absolute atomic E-state index is 0.0304. The molecule has 0 radical (unpaired) electrons. The number of rotatable bonds is 6. The third kappa shape index (κ3) is 5.86. The molecule has 0 saturated heterocycles. The van der Waals surface area contributed by atoms with Crippen LogP contribution in [0.2, 0.25) is 0 Å². The maximum absolute atomic E-state index is 13.0. The Labute approximate surface area is 205 Å². The monoisotopic (exact) mass is 487 g/mol. The SMILES string of the molecule is N=C(NC(=O)OCc1ccccc1)N(C(=O)OCc1ccccc1)c1ccc2oc(C(=O)O)cc2c1. The van der Waals surface area contributed by atoms with E-state index in [4.69, 9.17) is 19.3 Å². The van der Waals surface area contributed by atoms with E-state index < -0.39 is 24.1 Å². The van der Waals surface area contributed by atoms with Crippen molar-refractivity contribution >= 4 is 40.8 Å². The number of hydrogen-bond acceptors (Lipinski definition) is 7. The van der Waals surface area contributed by atoms with Gasteiger partial charge in [0.1, 0.15) is 18.8 Å². The summed E-state index contributed by atoms with van der Waals surface area (Å²) >= 11 is 0. The zero-order chi connectivity index (χ0) is 25.5. The number of aromatic carboxylic acids is 1. The fourth-order valence-electron chi connectivity index (χ4n) is 3.30. The Balaban J connectivity index is 1.54. The average molecular weight is 487 g/mol. The fraction of sp³-hybridized carbons (Fsp3) is 0.0769. The molecule has 0 atom stereocenters. The molecular formula is C26H21N3O7. The first-order valence-electron chi connectivity index (χ1n) is 10.7. The second-order valence-corrected chi connectivity index (χ2v) is 7.55. The molecule has 4 aromatic rings. The van der Waals surface area contributed by atoms with Gasteiger partial charge in [0.15, 0.2) is 0 Å². The van der Waals surface area contributed by atoms with Gasteiger partial charge in [-0.05, 0) is 35.4 Å². The van der Waals surface area contributed by atoms with Gasteiger partial charge in [-0.15, -0.1) is 0 Å². The summed E-state index contributed by atoms with van der Waals surface area (Å²) < 4.78 is 15.8. The molecule has 0 aliphatic carbocycles. The molecule has 3 N–H and O–H groups in total.